The zero-order valence-corrected chi connectivity index (χ0v) is 17.2. The maximum atomic E-state index is 12.6. The molecule has 0 unspecified atom stereocenters. The van der Waals surface area contributed by atoms with Crippen molar-refractivity contribution in [3.63, 3.8) is 0 Å². The van der Waals surface area contributed by atoms with Crippen LogP contribution < -0.4 is 0 Å². The predicted molar refractivity (Wildman–Crippen MR) is 105 cm³/mol. The molecule has 2 aromatic rings. The monoisotopic (exact) mass is 459 g/mol. The molecule has 1 aromatic heterocycles. The normalized spacial score (nSPS) is 16.2. The highest BCUT2D eigenvalue weighted by Crippen LogP contribution is 2.34. The van der Waals surface area contributed by atoms with Crippen molar-refractivity contribution in [2.45, 2.75) is 11.4 Å². The molecular weight excluding hydrogens is 449 g/mol. The Kier molecular flexibility index (Phi) is 5.67. The van der Waals surface area contributed by atoms with Crippen LogP contribution in [0.15, 0.2) is 34.1 Å². The number of thioether (sulfide) groups is 1. The summed E-state index contributed by atoms with van der Waals surface area (Å²) in [5.74, 6) is -1.12. The van der Waals surface area contributed by atoms with Gasteiger partial charge in [-0.15, -0.1) is 0 Å². The molecule has 0 bridgehead atoms. The number of hydrogen-bond acceptors (Lipinski definition) is 8. The molecular formula is C16H11Cl2N3O5S2. The van der Waals surface area contributed by atoms with Gasteiger partial charge in [-0.3, -0.25) is 14.5 Å². The van der Waals surface area contributed by atoms with E-state index in [9.17, 15) is 23.1 Å². The average molecular weight is 460 g/mol. The highest BCUT2D eigenvalue weighted by atomic mass is 35.5. The zero-order valence-electron chi connectivity index (χ0n) is 14.1. The molecule has 8 nitrogen and oxygen atoms in total. The van der Waals surface area contributed by atoms with Gasteiger partial charge in [-0.2, -0.15) is 0 Å². The Labute approximate surface area is 174 Å². The predicted octanol–water partition coefficient (Wildman–Crippen LogP) is 3.13. The quantitative estimate of drug-likeness (QED) is 0.546. The lowest BCUT2D eigenvalue weighted by atomic mass is 10.2. The van der Waals surface area contributed by atoms with Crippen LogP contribution in [0.3, 0.4) is 0 Å². The molecule has 1 N–H and O–H groups in total. The number of sulfone groups is 1. The van der Waals surface area contributed by atoms with E-state index in [1.807, 2.05) is 0 Å². The number of imide groups is 1. The second kappa shape index (κ2) is 7.70. The van der Waals surface area contributed by atoms with Crippen molar-refractivity contribution in [1.29, 1.82) is 0 Å². The van der Waals surface area contributed by atoms with Gasteiger partial charge in [0.1, 0.15) is 0 Å². The number of halogens is 2. The van der Waals surface area contributed by atoms with Gasteiger partial charge in [-0.05, 0) is 29.5 Å². The second-order valence-electron chi connectivity index (χ2n) is 5.70. The summed E-state index contributed by atoms with van der Waals surface area (Å²) in [7, 11) is -3.42. The van der Waals surface area contributed by atoms with E-state index in [0.717, 1.165) is 11.2 Å². The Morgan fingerprint density at radius 1 is 1.21 bits per heavy atom. The number of benzene rings is 1. The molecule has 1 fully saturated rings. The molecule has 12 heteroatoms. The van der Waals surface area contributed by atoms with Crippen molar-refractivity contribution in [3.8, 4) is 5.75 Å². The average Bonchev–Trinajstić information content (AvgIpc) is 2.86. The first-order chi connectivity index (χ1) is 13.1. The number of carbonyl (C=O) groups excluding carboxylic acids is 2. The molecule has 146 valence electrons. The summed E-state index contributed by atoms with van der Waals surface area (Å²) in [6.45, 7) is -0.0939. The van der Waals surface area contributed by atoms with Gasteiger partial charge in [0.2, 0.25) is 0 Å². The fraction of sp³-hybridized carbons (Fsp3) is 0.125. The third-order valence-corrected chi connectivity index (χ3v) is 6.16. The largest absolute Gasteiger partial charge is 0.503 e. The molecule has 0 radical (unpaired) electrons. The zero-order chi connectivity index (χ0) is 20.6. The summed E-state index contributed by atoms with van der Waals surface area (Å²) >= 11 is 12.1. The van der Waals surface area contributed by atoms with Gasteiger partial charge in [0.25, 0.3) is 11.1 Å². The van der Waals surface area contributed by atoms with Crippen molar-refractivity contribution in [1.82, 2.24) is 14.9 Å². The molecule has 0 saturated carbocycles. The lowest BCUT2D eigenvalue weighted by Crippen LogP contribution is -2.27. The van der Waals surface area contributed by atoms with Crippen molar-refractivity contribution >= 4 is 62.0 Å². The molecule has 0 spiro atoms. The first-order valence-corrected chi connectivity index (χ1v) is 11.0. The summed E-state index contributed by atoms with van der Waals surface area (Å²) in [4.78, 5) is 33.5. The minimum atomic E-state index is -3.42. The van der Waals surface area contributed by atoms with Crippen molar-refractivity contribution in [3.05, 3.63) is 50.9 Å². The maximum Gasteiger partial charge on any atom is 0.293 e. The van der Waals surface area contributed by atoms with Crippen molar-refractivity contribution in [2.24, 2.45) is 0 Å². The van der Waals surface area contributed by atoms with E-state index >= 15 is 0 Å². The standard InChI is InChI=1S/C16H11Cl2N3O5S2/c1-28(25,26)9-4-2-3-8(5-9)7-21-15(23)10(27-16(21)24)6-11-19-13(17)12(22)14(18)20-11/h2-6,22H,7H2,1H3/b10-6-. The van der Waals surface area contributed by atoms with Crippen LogP contribution in [-0.4, -0.2) is 45.8 Å². The molecule has 1 saturated heterocycles. The lowest BCUT2D eigenvalue weighted by molar-refractivity contribution is -0.123. The van der Waals surface area contributed by atoms with Crippen LogP contribution >= 0.6 is 35.0 Å². The first kappa shape index (κ1) is 20.6. The smallest absolute Gasteiger partial charge is 0.293 e. The molecule has 3 rings (SSSR count). The summed E-state index contributed by atoms with van der Waals surface area (Å²) < 4.78 is 23.3. The number of hydrogen-bond donors (Lipinski definition) is 1. The molecule has 1 aromatic carbocycles. The summed E-state index contributed by atoms with van der Waals surface area (Å²) in [5, 5.41) is 8.38. The Hall–Kier alpha value is -2.14. The van der Waals surface area contributed by atoms with Crippen molar-refractivity contribution < 1.29 is 23.1 Å². The van der Waals surface area contributed by atoms with Crippen LogP contribution in [0.25, 0.3) is 6.08 Å². The third-order valence-electron chi connectivity index (χ3n) is 3.62. The Morgan fingerprint density at radius 3 is 2.46 bits per heavy atom. The number of rotatable bonds is 4. The second-order valence-corrected chi connectivity index (χ2v) is 9.42. The van der Waals surface area contributed by atoms with E-state index in [-0.39, 0.29) is 32.5 Å². The van der Waals surface area contributed by atoms with Gasteiger partial charge in [-0.1, -0.05) is 35.3 Å². The fourth-order valence-corrected chi connectivity index (χ4v) is 4.19. The number of carbonyl (C=O) groups is 2. The highest BCUT2D eigenvalue weighted by molar-refractivity contribution is 8.18. The Balaban J connectivity index is 1.87. The van der Waals surface area contributed by atoms with E-state index in [1.165, 1.54) is 24.3 Å². The van der Waals surface area contributed by atoms with Crippen LogP contribution in [0.5, 0.6) is 5.75 Å². The van der Waals surface area contributed by atoms with Gasteiger partial charge in [0.05, 0.1) is 16.3 Å². The molecule has 1 aliphatic rings. The van der Waals surface area contributed by atoms with E-state index in [0.29, 0.717) is 17.3 Å². The van der Waals surface area contributed by atoms with Gasteiger partial charge in [0, 0.05) is 12.3 Å². The number of amides is 2. The van der Waals surface area contributed by atoms with Gasteiger partial charge in [0.15, 0.2) is 31.7 Å². The molecule has 2 heterocycles. The molecule has 0 atom stereocenters. The minimum Gasteiger partial charge on any atom is -0.503 e. The molecule has 2 amide bonds. The number of nitrogens with zero attached hydrogens (tertiary/aromatic N) is 3. The minimum absolute atomic E-state index is 0.0436. The topological polar surface area (TPSA) is 118 Å². The lowest BCUT2D eigenvalue weighted by Gasteiger charge is -2.13. The molecule has 28 heavy (non-hydrogen) atoms. The Morgan fingerprint density at radius 2 is 1.86 bits per heavy atom. The van der Waals surface area contributed by atoms with Gasteiger partial charge < -0.3 is 5.11 Å². The van der Waals surface area contributed by atoms with Crippen LogP contribution in [0, 0.1) is 0 Å². The highest BCUT2D eigenvalue weighted by Gasteiger charge is 2.35. The van der Waals surface area contributed by atoms with Gasteiger partial charge >= 0.3 is 0 Å². The molecule has 0 aliphatic carbocycles. The van der Waals surface area contributed by atoms with E-state index in [1.54, 1.807) is 6.07 Å². The van der Waals surface area contributed by atoms with Gasteiger partial charge in [-0.25, -0.2) is 18.4 Å². The summed E-state index contributed by atoms with van der Waals surface area (Å²) in [5.41, 5.74) is 0.485. The number of aromatic nitrogens is 2. The van der Waals surface area contributed by atoms with Crippen LogP contribution in [0.2, 0.25) is 10.3 Å². The first-order valence-electron chi connectivity index (χ1n) is 7.52. The Bertz CT molecular complexity index is 1110. The fourth-order valence-electron chi connectivity index (χ4n) is 2.29. The SMILES string of the molecule is CS(=O)(=O)c1cccc(CN2C(=O)S/C(=C\c3nc(Cl)c(O)c(Cl)n3)C2=O)c1. The third kappa shape index (κ3) is 4.30. The van der Waals surface area contributed by atoms with Crippen LogP contribution in [0.1, 0.15) is 11.4 Å². The van der Waals surface area contributed by atoms with Crippen LogP contribution in [0.4, 0.5) is 4.79 Å². The van der Waals surface area contributed by atoms with E-state index in [4.69, 9.17) is 23.2 Å². The summed E-state index contributed by atoms with van der Waals surface area (Å²) in [6, 6.07) is 5.99. The van der Waals surface area contributed by atoms with Crippen LogP contribution in [-0.2, 0) is 21.2 Å². The van der Waals surface area contributed by atoms with E-state index < -0.39 is 26.7 Å². The van der Waals surface area contributed by atoms with Crippen molar-refractivity contribution in [2.75, 3.05) is 6.26 Å². The summed E-state index contributed by atoms with van der Waals surface area (Å²) in [6.07, 6.45) is 2.30. The number of aromatic hydroxyl groups is 1. The van der Waals surface area contributed by atoms with E-state index in [2.05, 4.69) is 9.97 Å². The molecule has 1 aliphatic heterocycles. The maximum absolute atomic E-state index is 12.6.